The Kier molecular flexibility index (Phi) is 3.88. The third kappa shape index (κ3) is 2.95. The molecule has 0 radical (unpaired) electrons. The molecule has 126 valence electrons. The van der Waals surface area contributed by atoms with E-state index in [2.05, 4.69) is 12.2 Å². The first-order chi connectivity index (χ1) is 10.7. The van der Waals surface area contributed by atoms with Gasteiger partial charge in [0.25, 0.3) is 5.91 Å². The van der Waals surface area contributed by atoms with Crippen LogP contribution in [0.25, 0.3) is 0 Å². The number of anilines is 1. The van der Waals surface area contributed by atoms with Crippen LogP contribution in [-0.2, 0) is 14.8 Å². The zero-order chi connectivity index (χ0) is 16.8. The van der Waals surface area contributed by atoms with E-state index in [4.69, 9.17) is 4.74 Å². The lowest BCUT2D eigenvalue weighted by atomic mass is 10.0. The Labute approximate surface area is 136 Å². The zero-order valence-electron chi connectivity index (χ0n) is 13.6. The van der Waals surface area contributed by atoms with Crippen molar-refractivity contribution in [3.8, 4) is 5.75 Å². The van der Waals surface area contributed by atoms with Crippen LogP contribution in [0.3, 0.4) is 0 Å². The lowest BCUT2D eigenvalue weighted by molar-refractivity contribution is -0.129. The third-order valence-electron chi connectivity index (χ3n) is 4.37. The van der Waals surface area contributed by atoms with Gasteiger partial charge in [-0.3, -0.25) is 4.79 Å². The molecule has 1 aromatic carbocycles. The maximum Gasteiger partial charge on any atom is 0.268 e. The molecule has 7 heteroatoms. The Bertz CT molecular complexity index is 742. The van der Waals surface area contributed by atoms with Gasteiger partial charge < -0.3 is 10.1 Å². The van der Waals surface area contributed by atoms with Crippen molar-refractivity contribution in [2.75, 3.05) is 18.4 Å². The number of amides is 1. The number of piperidine rings is 1. The highest BCUT2D eigenvalue weighted by Gasteiger charge is 2.36. The van der Waals surface area contributed by atoms with Gasteiger partial charge in [0, 0.05) is 19.2 Å². The van der Waals surface area contributed by atoms with Gasteiger partial charge in [-0.25, -0.2) is 8.42 Å². The van der Waals surface area contributed by atoms with Gasteiger partial charge >= 0.3 is 0 Å². The van der Waals surface area contributed by atoms with Gasteiger partial charge in [-0.15, -0.1) is 0 Å². The van der Waals surface area contributed by atoms with Crippen molar-refractivity contribution in [3.05, 3.63) is 18.2 Å². The number of nitrogens with one attached hydrogen (secondary N) is 1. The van der Waals surface area contributed by atoms with E-state index in [1.807, 2.05) is 0 Å². The molecule has 0 unspecified atom stereocenters. The monoisotopic (exact) mass is 338 g/mol. The summed E-state index contributed by atoms with van der Waals surface area (Å²) in [5, 5.41) is 2.74. The van der Waals surface area contributed by atoms with Crippen LogP contribution in [0.2, 0.25) is 0 Å². The largest absolute Gasteiger partial charge is 0.476 e. The van der Waals surface area contributed by atoms with Gasteiger partial charge in [0.2, 0.25) is 10.0 Å². The van der Waals surface area contributed by atoms with Crippen molar-refractivity contribution < 1.29 is 17.9 Å². The Hall–Kier alpha value is -1.60. The molecule has 1 atom stereocenters. The minimum atomic E-state index is -3.54. The van der Waals surface area contributed by atoms with E-state index >= 15 is 0 Å². The number of sulfonamides is 1. The molecule has 2 aliphatic heterocycles. The summed E-state index contributed by atoms with van der Waals surface area (Å²) in [5.74, 6) is 0.511. The molecule has 0 saturated carbocycles. The quantitative estimate of drug-likeness (QED) is 0.897. The molecule has 6 nitrogen and oxygen atoms in total. The fourth-order valence-electron chi connectivity index (χ4n) is 2.96. The first-order valence-electron chi connectivity index (χ1n) is 7.85. The molecule has 0 bridgehead atoms. The topological polar surface area (TPSA) is 75.7 Å². The fourth-order valence-corrected chi connectivity index (χ4v) is 4.57. The van der Waals surface area contributed by atoms with Crippen LogP contribution in [0.1, 0.15) is 33.6 Å². The number of fused-ring (bicyclic) bond motifs is 1. The number of rotatable bonds is 2. The molecular weight excluding hydrogens is 316 g/mol. The van der Waals surface area contributed by atoms with Crippen molar-refractivity contribution in [3.63, 3.8) is 0 Å². The van der Waals surface area contributed by atoms with E-state index in [9.17, 15) is 13.2 Å². The van der Waals surface area contributed by atoms with E-state index in [-0.39, 0.29) is 10.8 Å². The van der Waals surface area contributed by atoms with Gasteiger partial charge in [-0.05, 0) is 44.7 Å². The molecule has 23 heavy (non-hydrogen) atoms. The Morgan fingerprint density at radius 2 is 2.09 bits per heavy atom. The molecule has 1 fully saturated rings. The summed E-state index contributed by atoms with van der Waals surface area (Å²) in [6, 6.07) is 4.61. The van der Waals surface area contributed by atoms with Crippen molar-refractivity contribution in [2.24, 2.45) is 5.92 Å². The summed E-state index contributed by atoms with van der Waals surface area (Å²) in [6.45, 7) is 6.46. The predicted molar refractivity (Wildman–Crippen MR) is 86.9 cm³/mol. The molecule has 1 N–H and O–H groups in total. The standard InChI is InChI=1S/C16H22N2O4S/c1-11-5-4-8-18(10-11)23(20,21)12-6-7-13-14(9-12)22-16(2,3)15(19)17-13/h6-7,9,11H,4-5,8,10H2,1-3H3,(H,17,19)/t11-/m0/s1. The van der Waals surface area contributed by atoms with Crippen molar-refractivity contribution >= 4 is 21.6 Å². The van der Waals surface area contributed by atoms with Gasteiger partial charge in [0.1, 0.15) is 5.75 Å². The SMILES string of the molecule is C[C@H]1CCCN(S(=O)(=O)c2ccc3c(c2)OC(C)(C)C(=O)N3)C1. The van der Waals surface area contributed by atoms with Crippen LogP contribution in [0.4, 0.5) is 5.69 Å². The average molecular weight is 338 g/mol. The van der Waals surface area contributed by atoms with Crippen LogP contribution in [0, 0.1) is 5.92 Å². The van der Waals surface area contributed by atoms with Crippen molar-refractivity contribution in [1.29, 1.82) is 0 Å². The lowest BCUT2D eigenvalue weighted by Crippen LogP contribution is -2.45. The molecule has 3 rings (SSSR count). The molecular formula is C16H22N2O4S. The van der Waals surface area contributed by atoms with E-state index in [0.29, 0.717) is 30.4 Å². The minimum Gasteiger partial charge on any atom is -0.476 e. The number of hydrogen-bond donors (Lipinski definition) is 1. The molecule has 1 saturated heterocycles. The van der Waals surface area contributed by atoms with Crippen molar-refractivity contribution in [1.82, 2.24) is 4.31 Å². The summed E-state index contributed by atoms with van der Waals surface area (Å²) < 4.78 is 32.9. The minimum absolute atomic E-state index is 0.206. The third-order valence-corrected chi connectivity index (χ3v) is 6.23. The second-order valence-corrected chi connectivity index (χ2v) is 8.77. The number of carbonyl (C=O) groups excluding carboxylic acids is 1. The van der Waals surface area contributed by atoms with Crippen LogP contribution in [-0.4, -0.2) is 37.3 Å². The molecule has 1 amide bonds. The molecule has 0 spiro atoms. The average Bonchev–Trinajstić information content (AvgIpc) is 2.47. The summed E-state index contributed by atoms with van der Waals surface area (Å²) in [5.41, 5.74) is -0.519. The van der Waals surface area contributed by atoms with E-state index in [0.717, 1.165) is 12.8 Å². The van der Waals surface area contributed by atoms with Crippen LogP contribution < -0.4 is 10.1 Å². The summed E-state index contributed by atoms with van der Waals surface area (Å²) >= 11 is 0. The number of carbonyl (C=O) groups is 1. The molecule has 0 aliphatic carbocycles. The van der Waals surface area contributed by atoms with Gasteiger partial charge in [0.05, 0.1) is 10.6 Å². The summed E-state index contributed by atoms with van der Waals surface area (Å²) in [6.07, 6.45) is 1.93. The molecule has 2 aliphatic rings. The highest BCUT2D eigenvalue weighted by molar-refractivity contribution is 7.89. The second kappa shape index (κ2) is 5.49. The number of hydrogen-bond acceptors (Lipinski definition) is 4. The number of nitrogens with zero attached hydrogens (tertiary/aromatic N) is 1. The summed E-state index contributed by atoms with van der Waals surface area (Å²) in [4.78, 5) is 12.1. The maximum atomic E-state index is 12.8. The normalized spacial score (nSPS) is 24.5. The van der Waals surface area contributed by atoms with Crippen LogP contribution in [0.15, 0.2) is 23.1 Å². The Morgan fingerprint density at radius 3 is 2.78 bits per heavy atom. The van der Waals surface area contributed by atoms with Crippen LogP contribution >= 0.6 is 0 Å². The van der Waals surface area contributed by atoms with E-state index in [1.54, 1.807) is 19.9 Å². The number of ether oxygens (including phenoxy) is 1. The second-order valence-electron chi connectivity index (χ2n) is 6.83. The van der Waals surface area contributed by atoms with Crippen LogP contribution in [0.5, 0.6) is 5.75 Å². The first kappa shape index (κ1) is 16.3. The molecule has 2 heterocycles. The molecule has 0 aromatic heterocycles. The first-order valence-corrected chi connectivity index (χ1v) is 9.29. The van der Waals surface area contributed by atoms with E-state index < -0.39 is 15.6 Å². The molecule has 1 aromatic rings. The highest BCUT2D eigenvalue weighted by Crippen LogP contribution is 2.36. The van der Waals surface area contributed by atoms with Crippen molar-refractivity contribution in [2.45, 2.75) is 44.1 Å². The van der Waals surface area contributed by atoms with Gasteiger partial charge in [-0.2, -0.15) is 4.31 Å². The fraction of sp³-hybridized carbons (Fsp3) is 0.562. The summed E-state index contributed by atoms with van der Waals surface area (Å²) in [7, 11) is -3.54. The maximum absolute atomic E-state index is 12.8. The smallest absolute Gasteiger partial charge is 0.268 e. The zero-order valence-corrected chi connectivity index (χ0v) is 14.4. The Morgan fingerprint density at radius 1 is 1.35 bits per heavy atom. The highest BCUT2D eigenvalue weighted by atomic mass is 32.2. The number of benzene rings is 1. The lowest BCUT2D eigenvalue weighted by Gasteiger charge is -2.33. The predicted octanol–water partition coefficient (Wildman–Crippen LogP) is 2.22. The van der Waals surface area contributed by atoms with E-state index in [1.165, 1.54) is 16.4 Å². The Balaban J connectivity index is 1.94. The van der Waals surface area contributed by atoms with Gasteiger partial charge in [0.15, 0.2) is 5.60 Å². The van der Waals surface area contributed by atoms with Gasteiger partial charge in [-0.1, -0.05) is 6.92 Å².